The average molecular weight is 778 g/mol. The highest BCUT2D eigenvalue weighted by molar-refractivity contribution is 6.17. The fraction of sp³-hybridized carbons (Fsp3) is 0.895. The molecule has 1 saturated heterocycles. The number of rotatable bonds is 20. The second-order valence-corrected chi connectivity index (χ2v) is 16.9. The van der Waals surface area contributed by atoms with E-state index in [-0.39, 0.29) is 50.0 Å². The third-order valence-corrected chi connectivity index (χ3v) is 8.00. The SMILES string of the molecule is CC(C)(C)OC(=O)CN1CCN(CC(=O)NCCOCCOCCCCCCCl)CCN(CC(=O)OC(C)(C)C)CCN(CC(=O)OC(C)(C)C)CC1. The summed E-state index contributed by atoms with van der Waals surface area (Å²) in [7, 11) is 0. The minimum absolute atomic E-state index is 0.0658. The molecule has 0 spiro atoms. The Kier molecular flexibility index (Phi) is 23.9. The highest BCUT2D eigenvalue weighted by Crippen LogP contribution is 2.11. The normalized spacial score (nSPS) is 16.7. The smallest absolute Gasteiger partial charge is 0.320 e. The van der Waals surface area contributed by atoms with E-state index in [0.717, 1.165) is 25.7 Å². The summed E-state index contributed by atoms with van der Waals surface area (Å²) in [6.07, 6.45) is 4.26. The molecule has 0 radical (unpaired) electrons. The topological polar surface area (TPSA) is 139 Å². The molecule has 53 heavy (non-hydrogen) atoms. The maximum absolute atomic E-state index is 13.1. The molecule has 0 aromatic rings. The summed E-state index contributed by atoms with van der Waals surface area (Å²) >= 11 is 5.71. The Morgan fingerprint density at radius 2 is 0.830 bits per heavy atom. The van der Waals surface area contributed by atoms with Crippen molar-refractivity contribution < 1.29 is 42.9 Å². The lowest BCUT2D eigenvalue weighted by molar-refractivity contribution is -0.158. The van der Waals surface area contributed by atoms with Crippen molar-refractivity contribution in [3.05, 3.63) is 0 Å². The van der Waals surface area contributed by atoms with E-state index in [1.807, 2.05) is 81.9 Å². The molecule has 0 saturated carbocycles. The van der Waals surface area contributed by atoms with Crippen LogP contribution in [0.3, 0.4) is 0 Å². The second kappa shape index (κ2) is 25.9. The minimum Gasteiger partial charge on any atom is -0.459 e. The number of esters is 3. The van der Waals surface area contributed by atoms with Crippen LogP contribution in [0.4, 0.5) is 0 Å². The van der Waals surface area contributed by atoms with Gasteiger partial charge in [-0.3, -0.25) is 38.8 Å². The van der Waals surface area contributed by atoms with Crippen LogP contribution >= 0.6 is 11.6 Å². The van der Waals surface area contributed by atoms with Crippen LogP contribution in [0.1, 0.15) is 88.0 Å². The fourth-order valence-corrected chi connectivity index (χ4v) is 5.56. The first kappa shape index (κ1) is 48.9. The lowest BCUT2D eigenvalue weighted by Gasteiger charge is -2.34. The Morgan fingerprint density at radius 3 is 1.19 bits per heavy atom. The number of ether oxygens (including phenoxy) is 5. The Bertz CT molecular complexity index is 1020. The maximum Gasteiger partial charge on any atom is 0.320 e. The highest BCUT2D eigenvalue weighted by Gasteiger charge is 2.26. The first-order chi connectivity index (χ1) is 24.7. The standard InChI is InChI=1S/C38H72ClN5O9/c1-36(2,3)51-33(46)29-42-18-16-41(28-32(45)40-15-25-50-27-26-49-24-13-11-10-12-14-39)17-19-43(30-34(47)52-37(4,5)6)21-23-44(22-20-42)31-35(48)53-38(7,8)9/h10-31H2,1-9H3,(H,40,45). The molecule has 1 amide bonds. The summed E-state index contributed by atoms with van der Waals surface area (Å²) in [5, 5.41) is 2.94. The Morgan fingerprint density at radius 1 is 0.491 bits per heavy atom. The van der Waals surface area contributed by atoms with Crippen molar-refractivity contribution in [3.63, 3.8) is 0 Å². The van der Waals surface area contributed by atoms with Crippen molar-refractivity contribution in [1.82, 2.24) is 24.9 Å². The average Bonchev–Trinajstić information content (AvgIpc) is 3.00. The summed E-state index contributed by atoms with van der Waals surface area (Å²) in [5.74, 6) is -0.477. The van der Waals surface area contributed by atoms with Crippen molar-refractivity contribution in [3.8, 4) is 0 Å². The number of nitrogens with one attached hydrogen (secondary N) is 1. The molecule has 0 aromatic carbocycles. The molecule has 15 heteroatoms. The number of nitrogens with zero attached hydrogens (tertiary/aromatic N) is 4. The number of unbranched alkanes of at least 4 members (excludes halogenated alkanes) is 3. The van der Waals surface area contributed by atoms with E-state index in [9.17, 15) is 19.2 Å². The van der Waals surface area contributed by atoms with Gasteiger partial charge < -0.3 is 29.0 Å². The lowest BCUT2D eigenvalue weighted by atomic mass is 10.2. The van der Waals surface area contributed by atoms with Gasteiger partial charge in [0.05, 0.1) is 46.0 Å². The van der Waals surface area contributed by atoms with Gasteiger partial charge in [-0.2, -0.15) is 0 Å². The second-order valence-electron chi connectivity index (χ2n) is 16.5. The van der Waals surface area contributed by atoms with Crippen LogP contribution in [0.5, 0.6) is 0 Å². The lowest BCUT2D eigenvalue weighted by Crippen LogP contribution is -2.50. The molecule has 310 valence electrons. The van der Waals surface area contributed by atoms with Gasteiger partial charge in [0, 0.05) is 71.4 Å². The summed E-state index contributed by atoms with van der Waals surface area (Å²) in [5.41, 5.74) is -1.89. The third kappa shape index (κ3) is 29.0. The van der Waals surface area contributed by atoms with Gasteiger partial charge in [-0.1, -0.05) is 12.8 Å². The van der Waals surface area contributed by atoms with Crippen LogP contribution in [-0.4, -0.2) is 178 Å². The van der Waals surface area contributed by atoms with Crippen LogP contribution in [-0.2, 0) is 42.9 Å². The van der Waals surface area contributed by atoms with Gasteiger partial charge in [0.25, 0.3) is 0 Å². The molecule has 0 unspecified atom stereocenters. The Balaban J connectivity index is 2.94. The van der Waals surface area contributed by atoms with Gasteiger partial charge in [0.1, 0.15) is 16.8 Å². The van der Waals surface area contributed by atoms with Gasteiger partial charge in [0.15, 0.2) is 0 Å². The molecule has 1 aliphatic rings. The van der Waals surface area contributed by atoms with Crippen LogP contribution in [0, 0.1) is 0 Å². The van der Waals surface area contributed by atoms with E-state index in [4.69, 9.17) is 35.3 Å². The van der Waals surface area contributed by atoms with Crippen LogP contribution in [0.15, 0.2) is 0 Å². The molecule has 0 atom stereocenters. The molecule has 14 nitrogen and oxygen atoms in total. The van der Waals surface area contributed by atoms with Crippen molar-refractivity contribution in [2.45, 2.75) is 105 Å². The summed E-state index contributed by atoms with van der Waals surface area (Å²) < 4.78 is 28.1. The molecule has 1 N–H and O–H groups in total. The number of hydrogen-bond donors (Lipinski definition) is 1. The largest absolute Gasteiger partial charge is 0.459 e. The zero-order chi connectivity index (χ0) is 39.9. The van der Waals surface area contributed by atoms with Crippen LogP contribution in [0.2, 0.25) is 0 Å². The number of hydrogen-bond acceptors (Lipinski definition) is 13. The van der Waals surface area contributed by atoms with Gasteiger partial charge in [0.2, 0.25) is 5.91 Å². The monoisotopic (exact) mass is 778 g/mol. The predicted molar refractivity (Wildman–Crippen MR) is 207 cm³/mol. The van der Waals surface area contributed by atoms with Gasteiger partial charge >= 0.3 is 17.9 Å². The van der Waals surface area contributed by atoms with Crippen LogP contribution < -0.4 is 5.32 Å². The molecule has 1 rings (SSSR count). The van der Waals surface area contributed by atoms with E-state index in [1.165, 1.54) is 0 Å². The van der Waals surface area contributed by atoms with Gasteiger partial charge in [-0.05, 0) is 75.2 Å². The number of alkyl halides is 1. The summed E-state index contributed by atoms with van der Waals surface area (Å²) in [6, 6.07) is 0. The molecule has 0 aromatic heterocycles. The van der Waals surface area contributed by atoms with Gasteiger partial charge in [-0.15, -0.1) is 11.6 Å². The van der Waals surface area contributed by atoms with E-state index < -0.39 is 16.8 Å². The number of carbonyl (C=O) groups is 4. The van der Waals surface area contributed by atoms with E-state index in [0.29, 0.717) is 91.2 Å². The molecule has 1 aliphatic heterocycles. The van der Waals surface area contributed by atoms with Gasteiger partial charge in [-0.25, -0.2) is 0 Å². The quantitative estimate of drug-likeness (QED) is 0.0839. The maximum atomic E-state index is 13.1. The van der Waals surface area contributed by atoms with Crippen LogP contribution in [0.25, 0.3) is 0 Å². The summed E-state index contributed by atoms with van der Waals surface area (Å²) in [4.78, 5) is 59.8. The minimum atomic E-state index is -0.630. The summed E-state index contributed by atoms with van der Waals surface area (Å²) in [6.45, 7) is 23.1. The zero-order valence-corrected chi connectivity index (χ0v) is 35.2. The Hall–Kier alpha value is -2.07. The predicted octanol–water partition coefficient (Wildman–Crippen LogP) is 3.18. The Labute approximate surface area is 324 Å². The first-order valence-corrected chi connectivity index (χ1v) is 19.8. The highest BCUT2D eigenvalue weighted by atomic mass is 35.5. The first-order valence-electron chi connectivity index (χ1n) is 19.3. The number of amides is 1. The number of halogens is 1. The molecule has 0 bridgehead atoms. The molecule has 1 heterocycles. The molecular formula is C38H72ClN5O9. The zero-order valence-electron chi connectivity index (χ0n) is 34.4. The van der Waals surface area contributed by atoms with Crippen molar-refractivity contribution in [2.24, 2.45) is 0 Å². The van der Waals surface area contributed by atoms with E-state index in [1.54, 1.807) is 0 Å². The molecule has 0 aliphatic carbocycles. The number of carbonyl (C=O) groups excluding carboxylic acids is 4. The molecule has 1 fully saturated rings. The van der Waals surface area contributed by atoms with Crippen molar-refractivity contribution in [2.75, 3.05) is 117 Å². The van der Waals surface area contributed by atoms with Crippen molar-refractivity contribution in [1.29, 1.82) is 0 Å². The fourth-order valence-electron chi connectivity index (χ4n) is 5.38. The van der Waals surface area contributed by atoms with E-state index in [2.05, 4.69) is 5.32 Å². The van der Waals surface area contributed by atoms with E-state index >= 15 is 0 Å². The van der Waals surface area contributed by atoms with Crippen molar-refractivity contribution >= 4 is 35.4 Å². The molecular weight excluding hydrogens is 706 g/mol. The third-order valence-electron chi connectivity index (χ3n) is 7.73.